The van der Waals surface area contributed by atoms with E-state index in [1.54, 1.807) is 28.1 Å². The molecule has 0 aliphatic carbocycles. The minimum absolute atomic E-state index is 0.0581. The fourth-order valence-corrected chi connectivity index (χ4v) is 4.27. The molecule has 2 aromatic carbocycles. The van der Waals surface area contributed by atoms with Crippen LogP contribution in [0.15, 0.2) is 77.7 Å². The van der Waals surface area contributed by atoms with Crippen molar-refractivity contribution < 1.29 is 9.59 Å². The molecule has 0 radical (unpaired) electrons. The number of piperazine rings is 1. The number of rotatable bonds is 4. The zero-order valence-electron chi connectivity index (χ0n) is 19.4. The second-order valence-electron chi connectivity index (χ2n) is 8.63. The number of benzene rings is 2. The van der Waals surface area contributed by atoms with Crippen LogP contribution in [0.4, 0.5) is 0 Å². The summed E-state index contributed by atoms with van der Waals surface area (Å²) in [4.78, 5) is 51.7. The van der Waals surface area contributed by atoms with Gasteiger partial charge < -0.3 is 9.80 Å². The third-order valence-electron chi connectivity index (χ3n) is 6.24. The molecule has 2 amide bonds. The Bertz CT molecular complexity index is 1440. The molecule has 1 aliphatic heterocycles. The monoisotopic (exact) mass is 467 g/mol. The number of aryl methyl sites for hydroxylation is 1. The van der Waals surface area contributed by atoms with E-state index < -0.39 is 11.5 Å². The van der Waals surface area contributed by atoms with Crippen LogP contribution in [0, 0.1) is 6.92 Å². The molecule has 0 spiro atoms. The van der Waals surface area contributed by atoms with Crippen LogP contribution in [0.2, 0.25) is 0 Å². The fourth-order valence-electron chi connectivity index (χ4n) is 4.27. The van der Waals surface area contributed by atoms with Gasteiger partial charge in [-0.1, -0.05) is 48.0 Å². The first-order valence-corrected chi connectivity index (χ1v) is 11.6. The van der Waals surface area contributed by atoms with Crippen LogP contribution in [-0.2, 0) is 6.54 Å². The quantitative estimate of drug-likeness (QED) is 0.461. The van der Waals surface area contributed by atoms with Gasteiger partial charge in [0.25, 0.3) is 17.4 Å². The highest BCUT2D eigenvalue weighted by molar-refractivity contribution is 5.95. The zero-order chi connectivity index (χ0) is 24.4. The Morgan fingerprint density at radius 3 is 2.17 bits per heavy atom. The van der Waals surface area contributed by atoms with Gasteiger partial charge in [-0.15, -0.1) is 0 Å². The highest BCUT2D eigenvalue weighted by atomic mass is 16.2. The smallest absolute Gasteiger partial charge is 0.284 e. The van der Waals surface area contributed by atoms with Crippen molar-refractivity contribution in [3.8, 4) is 0 Å². The van der Waals surface area contributed by atoms with E-state index in [9.17, 15) is 14.4 Å². The molecular formula is C27H25N5O3. The molecule has 8 heteroatoms. The van der Waals surface area contributed by atoms with Crippen molar-refractivity contribution in [2.24, 2.45) is 0 Å². The van der Waals surface area contributed by atoms with Crippen LogP contribution in [0.25, 0.3) is 11.2 Å². The molecule has 1 saturated heterocycles. The summed E-state index contributed by atoms with van der Waals surface area (Å²) in [5.41, 5.74) is 2.97. The van der Waals surface area contributed by atoms with E-state index in [1.165, 1.54) is 4.57 Å². The van der Waals surface area contributed by atoms with Gasteiger partial charge in [-0.25, -0.2) is 9.97 Å². The molecule has 35 heavy (non-hydrogen) atoms. The normalized spacial score (nSPS) is 13.7. The van der Waals surface area contributed by atoms with E-state index >= 15 is 0 Å². The first kappa shape index (κ1) is 22.5. The van der Waals surface area contributed by atoms with Gasteiger partial charge in [0.05, 0.1) is 6.54 Å². The second kappa shape index (κ2) is 9.50. The third kappa shape index (κ3) is 4.55. The van der Waals surface area contributed by atoms with Gasteiger partial charge in [0.15, 0.2) is 11.3 Å². The maximum absolute atomic E-state index is 13.4. The average molecular weight is 468 g/mol. The second-order valence-corrected chi connectivity index (χ2v) is 8.63. The third-order valence-corrected chi connectivity index (χ3v) is 6.24. The summed E-state index contributed by atoms with van der Waals surface area (Å²) in [7, 11) is 0. The molecule has 5 rings (SSSR count). The molecule has 8 nitrogen and oxygen atoms in total. The summed E-state index contributed by atoms with van der Waals surface area (Å²) in [6, 6.07) is 20.5. The fraction of sp³-hybridized carbons (Fsp3) is 0.222. The number of fused-ring (bicyclic) bond motifs is 1. The van der Waals surface area contributed by atoms with Crippen molar-refractivity contribution in [1.82, 2.24) is 24.3 Å². The summed E-state index contributed by atoms with van der Waals surface area (Å²) in [6.45, 7) is 3.72. The van der Waals surface area contributed by atoms with Gasteiger partial charge in [0.1, 0.15) is 5.52 Å². The SMILES string of the molecule is Cc1ccc(C(=O)N2CCN(C(=O)c3nc4cccnc4n(Cc4ccccc4)c3=O)CC2)cc1. The van der Waals surface area contributed by atoms with Crippen molar-refractivity contribution in [1.29, 1.82) is 0 Å². The zero-order valence-corrected chi connectivity index (χ0v) is 19.4. The van der Waals surface area contributed by atoms with Gasteiger partial charge in [-0.2, -0.15) is 0 Å². The Morgan fingerprint density at radius 2 is 1.49 bits per heavy atom. The topological polar surface area (TPSA) is 88.4 Å². The first-order valence-electron chi connectivity index (χ1n) is 11.6. The summed E-state index contributed by atoms with van der Waals surface area (Å²) < 4.78 is 1.50. The molecule has 3 heterocycles. The molecule has 176 valence electrons. The standard InChI is InChI=1S/C27H25N5O3/c1-19-9-11-21(12-10-19)25(33)30-14-16-31(17-15-30)26(34)23-27(35)32(18-20-6-3-2-4-7-20)24-22(29-23)8-5-13-28-24/h2-13H,14-18H2,1H3. The van der Waals surface area contributed by atoms with Crippen molar-refractivity contribution in [2.75, 3.05) is 26.2 Å². The first-order chi connectivity index (χ1) is 17.0. The highest BCUT2D eigenvalue weighted by Gasteiger charge is 2.28. The molecule has 1 aliphatic rings. The molecule has 0 atom stereocenters. The minimum atomic E-state index is -0.469. The predicted molar refractivity (Wildman–Crippen MR) is 132 cm³/mol. The molecule has 0 bridgehead atoms. The maximum Gasteiger partial charge on any atom is 0.284 e. The van der Waals surface area contributed by atoms with Crippen molar-refractivity contribution >= 4 is 23.0 Å². The van der Waals surface area contributed by atoms with E-state index in [4.69, 9.17) is 0 Å². The number of nitrogens with zero attached hydrogens (tertiary/aromatic N) is 5. The van der Waals surface area contributed by atoms with Gasteiger partial charge in [-0.3, -0.25) is 19.0 Å². The molecule has 0 unspecified atom stereocenters. The van der Waals surface area contributed by atoms with Crippen LogP contribution in [0.5, 0.6) is 0 Å². The van der Waals surface area contributed by atoms with Crippen LogP contribution in [0.3, 0.4) is 0 Å². The Balaban J connectivity index is 1.38. The largest absolute Gasteiger partial charge is 0.335 e. The molecular weight excluding hydrogens is 442 g/mol. The number of pyridine rings is 1. The van der Waals surface area contributed by atoms with Gasteiger partial charge in [-0.05, 0) is 36.8 Å². The van der Waals surface area contributed by atoms with E-state index in [1.807, 2.05) is 61.5 Å². The number of hydrogen-bond acceptors (Lipinski definition) is 5. The summed E-state index contributed by atoms with van der Waals surface area (Å²) in [6.07, 6.45) is 1.61. The van der Waals surface area contributed by atoms with Crippen LogP contribution in [-0.4, -0.2) is 62.3 Å². The summed E-state index contributed by atoms with van der Waals surface area (Å²) >= 11 is 0. The number of aromatic nitrogens is 3. The number of hydrogen-bond donors (Lipinski definition) is 0. The van der Waals surface area contributed by atoms with Crippen molar-refractivity contribution in [3.63, 3.8) is 0 Å². The lowest BCUT2D eigenvalue weighted by Crippen LogP contribution is -2.51. The molecule has 1 fully saturated rings. The van der Waals surface area contributed by atoms with Gasteiger partial charge in [0, 0.05) is 37.9 Å². The van der Waals surface area contributed by atoms with Crippen LogP contribution >= 0.6 is 0 Å². The Morgan fingerprint density at radius 1 is 0.829 bits per heavy atom. The Labute approximate surface area is 202 Å². The van der Waals surface area contributed by atoms with Gasteiger partial charge >= 0.3 is 0 Å². The minimum Gasteiger partial charge on any atom is -0.335 e. The lowest BCUT2D eigenvalue weighted by molar-refractivity contribution is 0.0531. The molecule has 4 aromatic rings. The number of amides is 2. The summed E-state index contributed by atoms with van der Waals surface area (Å²) in [5, 5.41) is 0. The van der Waals surface area contributed by atoms with E-state index in [0.29, 0.717) is 42.9 Å². The maximum atomic E-state index is 13.4. The highest BCUT2D eigenvalue weighted by Crippen LogP contribution is 2.14. The van der Waals surface area contributed by atoms with Crippen molar-refractivity contribution in [2.45, 2.75) is 13.5 Å². The van der Waals surface area contributed by atoms with Gasteiger partial charge in [0.2, 0.25) is 0 Å². The van der Waals surface area contributed by atoms with Crippen LogP contribution < -0.4 is 5.56 Å². The average Bonchev–Trinajstić information content (AvgIpc) is 2.90. The molecule has 2 aromatic heterocycles. The number of carbonyl (C=O) groups is 2. The number of carbonyl (C=O) groups excluding carboxylic acids is 2. The Hall–Kier alpha value is -4.33. The van der Waals surface area contributed by atoms with E-state index in [2.05, 4.69) is 9.97 Å². The van der Waals surface area contributed by atoms with E-state index in [0.717, 1.165) is 11.1 Å². The summed E-state index contributed by atoms with van der Waals surface area (Å²) in [5.74, 6) is -0.484. The van der Waals surface area contributed by atoms with Crippen molar-refractivity contribution in [3.05, 3.63) is 106 Å². The Kier molecular flexibility index (Phi) is 6.10. The predicted octanol–water partition coefficient (Wildman–Crippen LogP) is 2.75. The molecule has 0 saturated carbocycles. The van der Waals surface area contributed by atoms with E-state index in [-0.39, 0.29) is 18.1 Å². The lowest BCUT2D eigenvalue weighted by atomic mass is 10.1. The molecule has 0 N–H and O–H groups in total. The van der Waals surface area contributed by atoms with Crippen LogP contribution in [0.1, 0.15) is 32.0 Å². The lowest BCUT2D eigenvalue weighted by Gasteiger charge is -2.34.